The first-order valence-corrected chi connectivity index (χ1v) is 13.8. The van der Waals surface area contributed by atoms with Gasteiger partial charge < -0.3 is 25.3 Å². The highest BCUT2D eigenvalue weighted by molar-refractivity contribution is 6.06. The zero-order valence-electron chi connectivity index (χ0n) is 21.8. The van der Waals surface area contributed by atoms with E-state index in [2.05, 4.69) is 15.5 Å². The summed E-state index contributed by atoms with van der Waals surface area (Å²) in [6, 6.07) is 11.1. The van der Waals surface area contributed by atoms with Gasteiger partial charge in [-0.25, -0.2) is 9.18 Å². The average Bonchev–Trinajstić information content (AvgIpc) is 3.48. The lowest BCUT2D eigenvalue weighted by Gasteiger charge is -2.38. The van der Waals surface area contributed by atoms with E-state index in [0.717, 1.165) is 31.4 Å². The maximum Gasteiger partial charge on any atom is 0.317 e. The molecule has 2 heterocycles. The van der Waals surface area contributed by atoms with Crippen LogP contribution in [0.5, 0.6) is 0 Å². The molecule has 9 heteroatoms. The molecule has 1 saturated carbocycles. The molecule has 202 valence electrons. The zero-order valence-corrected chi connectivity index (χ0v) is 21.8. The van der Waals surface area contributed by atoms with Crippen LogP contribution < -0.4 is 15.5 Å². The summed E-state index contributed by atoms with van der Waals surface area (Å²) >= 11 is 0. The van der Waals surface area contributed by atoms with Crippen molar-refractivity contribution in [3.63, 3.8) is 0 Å². The Morgan fingerprint density at radius 3 is 2.24 bits per heavy atom. The molecule has 38 heavy (non-hydrogen) atoms. The molecule has 0 unspecified atom stereocenters. The summed E-state index contributed by atoms with van der Waals surface area (Å²) in [4.78, 5) is 44.9. The molecule has 0 radical (unpaired) electrons. The third-order valence-corrected chi connectivity index (χ3v) is 7.81. The predicted octanol–water partition coefficient (Wildman–Crippen LogP) is 4.48. The van der Waals surface area contributed by atoms with E-state index in [-0.39, 0.29) is 23.5 Å². The molecule has 2 aromatic rings. The Bertz CT molecular complexity index is 1170. The second-order valence-electron chi connectivity index (χ2n) is 10.5. The number of rotatable bonds is 5. The van der Waals surface area contributed by atoms with Gasteiger partial charge in [0.05, 0.1) is 5.56 Å². The minimum absolute atomic E-state index is 0.000302. The molecule has 8 nitrogen and oxygen atoms in total. The molecule has 0 atom stereocenters. The monoisotopic (exact) mass is 521 g/mol. The first kappa shape index (κ1) is 26.0. The maximum atomic E-state index is 13.6. The minimum Gasteiger partial charge on any atom is -0.367 e. The van der Waals surface area contributed by atoms with Gasteiger partial charge in [-0.2, -0.15) is 0 Å². The van der Waals surface area contributed by atoms with E-state index in [1.165, 1.54) is 37.5 Å². The van der Waals surface area contributed by atoms with Crippen LogP contribution in [0.1, 0.15) is 65.7 Å². The van der Waals surface area contributed by atoms with Crippen LogP contribution in [-0.2, 0) is 0 Å². The van der Waals surface area contributed by atoms with Gasteiger partial charge in [0.15, 0.2) is 0 Å². The molecular formula is C29H36FN5O3. The fraction of sp³-hybridized carbons (Fsp3) is 0.483. The minimum atomic E-state index is -0.482. The third-order valence-electron chi connectivity index (χ3n) is 7.81. The summed E-state index contributed by atoms with van der Waals surface area (Å²) in [5, 5.41) is 6.00. The van der Waals surface area contributed by atoms with Crippen LogP contribution in [-0.4, -0.2) is 73.0 Å². The normalized spacial score (nSPS) is 18.4. The van der Waals surface area contributed by atoms with E-state index in [1.807, 2.05) is 15.9 Å². The number of amides is 4. The largest absolute Gasteiger partial charge is 0.367 e. The number of carbonyl (C=O) groups is 3. The molecule has 0 spiro atoms. The van der Waals surface area contributed by atoms with Crippen molar-refractivity contribution in [1.29, 1.82) is 0 Å². The average molecular weight is 522 g/mol. The summed E-state index contributed by atoms with van der Waals surface area (Å²) in [5.74, 6) is -0.976. The molecule has 2 aliphatic heterocycles. The summed E-state index contributed by atoms with van der Waals surface area (Å²) in [6.07, 6.45) is 7.65. The van der Waals surface area contributed by atoms with Crippen LogP contribution in [0.4, 0.5) is 20.6 Å². The fourth-order valence-electron chi connectivity index (χ4n) is 5.65. The second-order valence-corrected chi connectivity index (χ2v) is 10.5. The lowest BCUT2D eigenvalue weighted by molar-refractivity contribution is 0.0792. The molecule has 3 fully saturated rings. The molecule has 0 bridgehead atoms. The molecule has 5 rings (SSSR count). The van der Waals surface area contributed by atoms with Gasteiger partial charge in [-0.3, -0.25) is 9.59 Å². The summed E-state index contributed by atoms with van der Waals surface area (Å²) in [6.45, 7) is 3.82. The number of likely N-dealkylation sites (tertiary alicyclic amines) is 1. The van der Waals surface area contributed by atoms with Gasteiger partial charge in [-0.1, -0.05) is 25.3 Å². The van der Waals surface area contributed by atoms with Crippen LogP contribution in [0.15, 0.2) is 42.5 Å². The lowest BCUT2D eigenvalue weighted by atomic mass is 9.96. The van der Waals surface area contributed by atoms with Crippen LogP contribution in [0.25, 0.3) is 0 Å². The van der Waals surface area contributed by atoms with Gasteiger partial charge in [0, 0.05) is 62.2 Å². The van der Waals surface area contributed by atoms with E-state index in [4.69, 9.17) is 0 Å². The standard InChI is InChI=1S/C29H36FN5O3/c30-22-8-6-7-21(19-22)27(36)31-24-11-12-26(25(20-24)28(37)34-13-4-5-14-34)33-15-17-35(18-16-33)29(38)32-23-9-2-1-3-10-23/h6-8,11-12,19-20,23H,1-5,9-10,13-18H2,(H,31,36)(H,32,38). The lowest BCUT2D eigenvalue weighted by Crippen LogP contribution is -2.54. The number of halogens is 1. The van der Waals surface area contributed by atoms with Crippen LogP contribution >= 0.6 is 0 Å². The quantitative estimate of drug-likeness (QED) is 0.608. The number of piperazine rings is 1. The Morgan fingerprint density at radius 1 is 0.789 bits per heavy atom. The molecule has 2 aromatic carbocycles. The predicted molar refractivity (Wildman–Crippen MR) is 145 cm³/mol. The van der Waals surface area contributed by atoms with Crippen molar-refractivity contribution in [3.05, 3.63) is 59.4 Å². The van der Waals surface area contributed by atoms with E-state index >= 15 is 0 Å². The van der Waals surface area contributed by atoms with Gasteiger partial charge in [-0.05, 0) is 62.1 Å². The number of hydrogen-bond donors (Lipinski definition) is 2. The maximum absolute atomic E-state index is 13.6. The highest BCUT2D eigenvalue weighted by Gasteiger charge is 2.28. The van der Waals surface area contributed by atoms with Crippen molar-refractivity contribution in [2.75, 3.05) is 49.5 Å². The molecular weight excluding hydrogens is 485 g/mol. The van der Waals surface area contributed by atoms with Gasteiger partial charge in [0.25, 0.3) is 11.8 Å². The van der Waals surface area contributed by atoms with Crippen molar-refractivity contribution in [2.45, 2.75) is 51.0 Å². The highest BCUT2D eigenvalue weighted by Crippen LogP contribution is 2.29. The number of nitrogens with one attached hydrogen (secondary N) is 2. The fourth-order valence-corrected chi connectivity index (χ4v) is 5.65. The number of nitrogens with zero attached hydrogens (tertiary/aromatic N) is 3. The highest BCUT2D eigenvalue weighted by atomic mass is 19.1. The zero-order chi connectivity index (χ0) is 26.5. The van der Waals surface area contributed by atoms with Crippen molar-refractivity contribution in [1.82, 2.24) is 15.1 Å². The number of anilines is 2. The molecule has 3 aliphatic rings. The van der Waals surface area contributed by atoms with E-state index in [1.54, 1.807) is 18.2 Å². The Kier molecular flexibility index (Phi) is 8.10. The van der Waals surface area contributed by atoms with Crippen LogP contribution in [0.3, 0.4) is 0 Å². The van der Waals surface area contributed by atoms with Gasteiger partial charge in [0.2, 0.25) is 0 Å². The van der Waals surface area contributed by atoms with Gasteiger partial charge in [0.1, 0.15) is 5.82 Å². The summed E-state index contributed by atoms with van der Waals surface area (Å²) < 4.78 is 13.6. The Labute approximate surface area is 223 Å². The summed E-state index contributed by atoms with van der Waals surface area (Å²) in [5.41, 5.74) is 2.03. The second kappa shape index (κ2) is 11.8. The number of urea groups is 1. The van der Waals surface area contributed by atoms with E-state index in [0.29, 0.717) is 50.5 Å². The van der Waals surface area contributed by atoms with Gasteiger partial charge in [-0.15, -0.1) is 0 Å². The van der Waals surface area contributed by atoms with Gasteiger partial charge >= 0.3 is 6.03 Å². The van der Waals surface area contributed by atoms with Crippen LogP contribution in [0, 0.1) is 5.82 Å². The Morgan fingerprint density at radius 2 is 1.53 bits per heavy atom. The molecule has 2 N–H and O–H groups in total. The number of carbonyl (C=O) groups excluding carboxylic acids is 3. The molecule has 2 saturated heterocycles. The van der Waals surface area contributed by atoms with E-state index < -0.39 is 11.7 Å². The first-order chi connectivity index (χ1) is 18.5. The number of benzene rings is 2. The van der Waals surface area contributed by atoms with E-state index in [9.17, 15) is 18.8 Å². The molecule has 4 amide bonds. The topological polar surface area (TPSA) is 85.0 Å². The molecule has 1 aliphatic carbocycles. The van der Waals surface area contributed by atoms with Crippen molar-refractivity contribution >= 4 is 29.2 Å². The molecule has 0 aromatic heterocycles. The Hall–Kier alpha value is -3.62. The van der Waals surface area contributed by atoms with Crippen LogP contribution in [0.2, 0.25) is 0 Å². The first-order valence-electron chi connectivity index (χ1n) is 13.8. The Balaban J connectivity index is 1.29. The smallest absolute Gasteiger partial charge is 0.317 e. The van der Waals surface area contributed by atoms with Crippen molar-refractivity contribution < 1.29 is 18.8 Å². The third kappa shape index (κ3) is 6.09. The summed E-state index contributed by atoms with van der Waals surface area (Å²) in [7, 11) is 0. The SMILES string of the molecule is O=C(Nc1ccc(N2CCN(C(=O)NC3CCCCC3)CC2)c(C(=O)N2CCCC2)c1)c1cccc(F)c1. The van der Waals surface area contributed by atoms with Crippen molar-refractivity contribution in [2.24, 2.45) is 0 Å². The number of hydrogen-bond acceptors (Lipinski definition) is 4. The van der Waals surface area contributed by atoms with Crippen molar-refractivity contribution in [3.8, 4) is 0 Å².